The minimum atomic E-state index is 0.720. The van der Waals surface area contributed by atoms with Crippen LogP contribution in [0, 0.1) is 0 Å². The van der Waals surface area contributed by atoms with Gasteiger partial charge in [0.2, 0.25) is 0 Å². The smallest absolute Gasteiger partial charge is 0.143 e. The van der Waals surface area contributed by atoms with Crippen molar-refractivity contribution in [1.82, 2.24) is 19.1 Å². The van der Waals surface area contributed by atoms with E-state index in [1.807, 2.05) is 61.1 Å². The van der Waals surface area contributed by atoms with E-state index in [4.69, 9.17) is 4.74 Å². The van der Waals surface area contributed by atoms with Gasteiger partial charge in [0.25, 0.3) is 0 Å². The van der Waals surface area contributed by atoms with E-state index in [0.717, 1.165) is 52.1 Å². The number of ether oxygens (including phenoxy) is 1. The minimum Gasteiger partial charge on any atom is -0.457 e. The normalized spacial score (nSPS) is 12.4. The molecule has 0 aliphatic carbocycles. The molecule has 0 spiro atoms. The van der Waals surface area contributed by atoms with Gasteiger partial charge in [-0.25, -0.2) is 9.97 Å². The van der Waals surface area contributed by atoms with Crippen LogP contribution in [0.25, 0.3) is 39.0 Å². The fourth-order valence-corrected chi connectivity index (χ4v) is 4.66. The number of benzene rings is 3. The first-order valence-electron chi connectivity index (χ1n) is 10.9. The Morgan fingerprint density at radius 2 is 1.61 bits per heavy atom. The zero-order chi connectivity index (χ0) is 21.8. The largest absolute Gasteiger partial charge is 0.457 e. The Bertz CT molecular complexity index is 1650. The predicted octanol–water partition coefficient (Wildman–Crippen LogP) is 6.22. The zero-order valence-electron chi connectivity index (χ0n) is 17.6. The van der Waals surface area contributed by atoms with Crippen molar-refractivity contribution in [3.8, 4) is 28.7 Å². The molecule has 7 rings (SSSR count). The van der Waals surface area contributed by atoms with Gasteiger partial charge < -0.3 is 14.6 Å². The van der Waals surface area contributed by atoms with Crippen molar-refractivity contribution >= 4 is 27.5 Å². The van der Waals surface area contributed by atoms with Crippen LogP contribution in [-0.2, 0) is 6.67 Å². The molecule has 0 saturated carbocycles. The van der Waals surface area contributed by atoms with E-state index in [0.29, 0.717) is 0 Å². The molecular weight excluding hydrogens is 410 g/mol. The van der Waals surface area contributed by atoms with Gasteiger partial charge >= 0.3 is 0 Å². The summed E-state index contributed by atoms with van der Waals surface area (Å²) < 4.78 is 10.6. The number of anilines is 1. The third-order valence-corrected chi connectivity index (χ3v) is 6.15. The van der Waals surface area contributed by atoms with Crippen LogP contribution in [0.3, 0.4) is 0 Å². The Kier molecular flexibility index (Phi) is 3.81. The lowest BCUT2D eigenvalue weighted by Gasteiger charge is -2.20. The molecule has 33 heavy (non-hydrogen) atoms. The number of hydrogen-bond donors (Lipinski definition) is 1. The standard InChI is InChI=1S/C27H19N5O/c1-2-6-24-20(5-1)21-10-8-19(16-25(21)32(24)26-7-3-4-12-28-26)33-18-9-11-23-22(15-18)27-29-13-14-31(27)17-30-23/h1-16,30H,17H2. The van der Waals surface area contributed by atoms with Gasteiger partial charge in [-0.3, -0.25) is 4.57 Å². The van der Waals surface area contributed by atoms with Crippen molar-refractivity contribution < 1.29 is 4.74 Å². The molecule has 6 nitrogen and oxygen atoms in total. The monoisotopic (exact) mass is 429 g/mol. The molecule has 4 heterocycles. The second kappa shape index (κ2) is 6.97. The van der Waals surface area contributed by atoms with Gasteiger partial charge in [-0.2, -0.15) is 0 Å². The number of fused-ring (bicyclic) bond motifs is 6. The van der Waals surface area contributed by atoms with E-state index in [1.54, 1.807) is 0 Å². The van der Waals surface area contributed by atoms with Gasteiger partial charge in [-0.1, -0.05) is 24.3 Å². The lowest BCUT2D eigenvalue weighted by Crippen LogP contribution is -2.14. The average Bonchev–Trinajstić information content (AvgIpc) is 3.47. The molecule has 6 heteroatoms. The van der Waals surface area contributed by atoms with Crippen molar-refractivity contribution in [3.63, 3.8) is 0 Å². The fraction of sp³-hybridized carbons (Fsp3) is 0.0370. The maximum Gasteiger partial charge on any atom is 0.143 e. The van der Waals surface area contributed by atoms with Crippen LogP contribution in [0.4, 0.5) is 5.69 Å². The highest BCUT2D eigenvalue weighted by Gasteiger charge is 2.18. The van der Waals surface area contributed by atoms with Crippen LogP contribution in [0.15, 0.2) is 97.5 Å². The second-order valence-electron chi connectivity index (χ2n) is 8.08. The molecule has 0 fully saturated rings. The quantitative estimate of drug-likeness (QED) is 0.363. The molecule has 0 radical (unpaired) electrons. The highest BCUT2D eigenvalue weighted by molar-refractivity contribution is 6.09. The molecule has 1 aliphatic heterocycles. The topological polar surface area (TPSA) is 56.9 Å². The maximum absolute atomic E-state index is 6.33. The van der Waals surface area contributed by atoms with Crippen molar-refractivity contribution in [2.45, 2.75) is 6.67 Å². The van der Waals surface area contributed by atoms with Crippen LogP contribution in [0.2, 0.25) is 0 Å². The van der Waals surface area contributed by atoms with Crippen LogP contribution >= 0.6 is 0 Å². The van der Waals surface area contributed by atoms with Crippen LogP contribution in [-0.4, -0.2) is 19.1 Å². The number of nitrogens with zero attached hydrogens (tertiary/aromatic N) is 4. The summed E-state index contributed by atoms with van der Waals surface area (Å²) in [6, 6.07) is 26.7. The molecule has 0 amide bonds. The summed E-state index contributed by atoms with van der Waals surface area (Å²) in [5.74, 6) is 3.37. The first-order chi connectivity index (χ1) is 16.3. The van der Waals surface area contributed by atoms with Crippen LogP contribution < -0.4 is 10.1 Å². The van der Waals surface area contributed by atoms with E-state index >= 15 is 0 Å². The number of para-hydroxylation sites is 1. The number of nitrogens with one attached hydrogen (secondary N) is 1. The van der Waals surface area contributed by atoms with Crippen molar-refractivity contribution in [1.29, 1.82) is 0 Å². The van der Waals surface area contributed by atoms with Crippen molar-refractivity contribution in [2.24, 2.45) is 0 Å². The predicted molar refractivity (Wildman–Crippen MR) is 130 cm³/mol. The van der Waals surface area contributed by atoms with Gasteiger partial charge in [0, 0.05) is 46.7 Å². The van der Waals surface area contributed by atoms with Crippen molar-refractivity contribution in [3.05, 3.63) is 97.5 Å². The van der Waals surface area contributed by atoms with E-state index in [-0.39, 0.29) is 0 Å². The van der Waals surface area contributed by atoms with E-state index in [2.05, 4.69) is 60.8 Å². The number of hydrogen-bond acceptors (Lipinski definition) is 4. The molecule has 0 bridgehead atoms. The average molecular weight is 429 g/mol. The first-order valence-corrected chi connectivity index (χ1v) is 10.9. The third kappa shape index (κ3) is 2.81. The van der Waals surface area contributed by atoms with Crippen LogP contribution in [0.1, 0.15) is 0 Å². The molecule has 158 valence electrons. The highest BCUT2D eigenvalue weighted by atomic mass is 16.5. The maximum atomic E-state index is 6.33. The SMILES string of the molecule is c1ccc(-n2c3ccccc3c3ccc(Oc4ccc5c(c4)-c4nccn4CN5)cc32)nc1. The number of pyridine rings is 1. The molecule has 3 aromatic heterocycles. The lowest BCUT2D eigenvalue weighted by atomic mass is 10.1. The molecule has 3 aromatic carbocycles. The molecule has 0 atom stereocenters. The summed E-state index contributed by atoms with van der Waals surface area (Å²) in [6.45, 7) is 0.720. The third-order valence-electron chi connectivity index (χ3n) is 6.15. The molecule has 1 aliphatic rings. The minimum absolute atomic E-state index is 0.720. The van der Waals surface area contributed by atoms with E-state index < -0.39 is 0 Å². The molecular formula is C27H19N5O. The lowest BCUT2D eigenvalue weighted by molar-refractivity contribution is 0.483. The Morgan fingerprint density at radius 1 is 0.758 bits per heavy atom. The molecule has 0 unspecified atom stereocenters. The van der Waals surface area contributed by atoms with Gasteiger partial charge in [-0.05, 0) is 48.5 Å². The number of rotatable bonds is 3. The van der Waals surface area contributed by atoms with Gasteiger partial charge in [0.05, 0.1) is 17.7 Å². The Morgan fingerprint density at radius 3 is 2.55 bits per heavy atom. The molecule has 1 N–H and O–H groups in total. The second-order valence-corrected chi connectivity index (χ2v) is 8.08. The van der Waals surface area contributed by atoms with Crippen LogP contribution in [0.5, 0.6) is 11.5 Å². The van der Waals surface area contributed by atoms with E-state index in [9.17, 15) is 0 Å². The summed E-state index contributed by atoms with van der Waals surface area (Å²) >= 11 is 0. The summed E-state index contributed by atoms with van der Waals surface area (Å²) in [5.41, 5.74) is 4.27. The Balaban J connectivity index is 1.35. The summed E-state index contributed by atoms with van der Waals surface area (Å²) in [5, 5.41) is 5.78. The zero-order valence-corrected chi connectivity index (χ0v) is 17.6. The molecule has 6 aromatic rings. The van der Waals surface area contributed by atoms with Gasteiger partial charge in [0.1, 0.15) is 23.1 Å². The summed E-state index contributed by atoms with van der Waals surface area (Å²) in [4.78, 5) is 9.12. The van der Waals surface area contributed by atoms with E-state index in [1.165, 1.54) is 10.8 Å². The van der Waals surface area contributed by atoms with Gasteiger partial charge in [0.15, 0.2) is 0 Å². The fourth-order valence-electron chi connectivity index (χ4n) is 4.66. The highest BCUT2D eigenvalue weighted by Crippen LogP contribution is 2.37. The molecule has 0 saturated heterocycles. The summed E-state index contributed by atoms with van der Waals surface area (Å²) in [6.07, 6.45) is 5.62. The van der Waals surface area contributed by atoms with Crippen molar-refractivity contribution in [2.75, 3.05) is 5.32 Å². The first kappa shape index (κ1) is 18.0. The summed E-state index contributed by atoms with van der Waals surface area (Å²) in [7, 11) is 0. The van der Waals surface area contributed by atoms with Gasteiger partial charge in [-0.15, -0.1) is 0 Å². The Labute approximate surface area is 189 Å². The number of imidazole rings is 1. The Hall–Kier alpha value is -4.58. The number of aromatic nitrogens is 4.